The summed E-state index contributed by atoms with van der Waals surface area (Å²) in [6.07, 6.45) is 3.25. The molecule has 2 nitrogen and oxygen atoms in total. The number of aromatic nitrogens is 1. The summed E-state index contributed by atoms with van der Waals surface area (Å²) < 4.78 is 18.4. The predicted molar refractivity (Wildman–Crippen MR) is 60.0 cm³/mol. The van der Waals surface area contributed by atoms with Gasteiger partial charge in [-0.25, -0.2) is 4.39 Å². The lowest BCUT2D eigenvalue weighted by Gasteiger charge is -2.07. The maximum atomic E-state index is 12.9. The second-order valence-corrected chi connectivity index (χ2v) is 3.62. The number of hydrogen-bond acceptors (Lipinski definition) is 2. The average Bonchev–Trinajstić information content (AvgIpc) is 2.32. The molecule has 0 unspecified atom stereocenters. The first-order valence-corrected chi connectivity index (χ1v) is 5.10. The molecule has 2 rings (SSSR count). The van der Waals surface area contributed by atoms with Gasteiger partial charge in [0, 0.05) is 16.8 Å². The highest BCUT2D eigenvalue weighted by Crippen LogP contribution is 2.19. The summed E-state index contributed by atoms with van der Waals surface area (Å²) in [5, 5.41) is 0.491. The van der Waals surface area contributed by atoms with Crippen LogP contribution in [0.2, 0.25) is 5.02 Å². The topological polar surface area (TPSA) is 22.1 Å². The monoisotopic (exact) mass is 237 g/mol. The van der Waals surface area contributed by atoms with Gasteiger partial charge in [0.15, 0.2) is 0 Å². The molecule has 0 atom stereocenters. The van der Waals surface area contributed by atoms with Gasteiger partial charge in [-0.15, -0.1) is 0 Å². The summed E-state index contributed by atoms with van der Waals surface area (Å²) in [5.74, 6) is 0.303. The highest BCUT2D eigenvalue weighted by atomic mass is 35.5. The number of rotatable bonds is 3. The van der Waals surface area contributed by atoms with E-state index in [1.54, 1.807) is 24.5 Å². The van der Waals surface area contributed by atoms with Crippen molar-refractivity contribution in [1.29, 1.82) is 0 Å². The van der Waals surface area contributed by atoms with Crippen molar-refractivity contribution in [2.75, 3.05) is 0 Å². The molecule has 0 aliphatic carbocycles. The molecule has 0 N–H and O–H groups in total. The molecular formula is C12H9ClFNO. The van der Waals surface area contributed by atoms with Crippen molar-refractivity contribution in [3.63, 3.8) is 0 Å². The number of ether oxygens (including phenoxy) is 1. The van der Waals surface area contributed by atoms with E-state index in [9.17, 15) is 4.39 Å². The van der Waals surface area contributed by atoms with Crippen molar-refractivity contribution in [2.45, 2.75) is 6.61 Å². The van der Waals surface area contributed by atoms with Crippen LogP contribution in [0.5, 0.6) is 5.75 Å². The van der Waals surface area contributed by atoms with Gasteiger partial charge in [0.05, 0.1) is 6.20 Å². The SMILES string of the molecule is Fc1ccc(Cl)c(COc2cccnc2)c1. The van der Waals surface area contributed by atoms with E-state index in [4.69, 9.17) is 16.3 Å². The van der Waals surface area contributed by atoms with E-state index in [-0.39, 0.29) is 12.4 Å². The van der Waals surface area contributed by atoms with Gasteiger partial charge in [-0.2, -0.15) is 0 Å². The number of halogens is 2. The molecule has 16 heavy (non-hydrogen) atoms. The summed E-state index contributed by atoms with van der Waals surface area (Å²) in [6.45, 7) is 0.224. The first-order chi connectivity index (χ1) is 7.75. The Morgan fingerprint density at radius 2 is 2.19 bits per heavy atom. The number of benzene rings is 1. The van der Waals surface area contributed by atoms with Gasteiger partial charge >= 0.3 is 0 Å². The second kappa shape index (κ2) is 4.94. The maximum absolute atomic E-state index is 12.9. The second-order valence-electron chi connectivity index (χ2n) is 3.21. The first-order valence-electron chi connectivity index (χ1n) is 4.72. The van der Waals surface area contributed by atoms with E-state index < -0.39 is 0 Å². The fourth-order valence-electron chi connectivity index (χ4n) is 1.25. The number of nitrogens with zero attached hydrogens (tertiary/aromatic N) is 1. The van der Waals surface area contributed by atoms with Crippen molar-refractivity contribution in [3.8, 4) is 5.75 Å². The standard InChI is InChI=1S/C12H9ClFNO/c13-12-4-3-10(14)6-9(12)8-16-11-2-1-5-15-7-11/h1-7H,8H2. The van der Waals surface area contributed by atoms with Gasteiger partial charge in [0.1, 0.15) is 18.2 Å². The molecule has 1 heterocycles. The van der Waals surface area contributed by atoms with Gasteiger partial charge in [-0.3, -0.25) is 4.98 Å². The predicted octanol–water partition coefficient (Wildman–Crippen LogP) is 3.45. The smallest absolute Gasteiger partial charge is 0.138 e. The Hall–Kier alpha value is -1.61. The van der Waals surface area contributed by atoms with Crippen molar-refractivity contribution in [2.24, 2.45) is 0 Å². The molecule has 0 spiro atoms. The van der Waals surface area contributed by atoms with Gasteiger partial charge in [0.2, 0.25) is 0 Å². The average molecular weight is 238 g/mol. The van der Waals surface area contributed by atoms with E-state index in [0.717, 1.165) is 0 Å². The molecule has 0 saturated carbocycles. The molecule has 0 radical (unpaired) electrons. The van der Waals surface area contributed by atoms with Gasteiger partial charge in [-0.05, 0) is 30.3 Å². The third-order valence-electron chi connectivity index (χ3n) is 2.04. The van der Waals surface area contributed by atoms with Gasteiger partial charge in [0.25, 0.3) is 0 Å². The summed E-state index contributed by atoms with van der Waals surface area (Å²) in [7, 11) is 0. The van der Waals surface area contributed by atoms with E-state index in [0.29, 0.717) is 16.3 Å². The summed E-state index contributed by atoms with van der Waals surface area (Å²) in [4.78, 5) is 3.90. The third-order valence-corrected chi connectivity index (χ3v) is 2.41. The van der Waals surface area contributed by atoms with E-state index in [1.165, 1.54) is 18.2 Å². The van der Waals surface area contributed by atoms with Crippen LogP contribution in [0.3, 0.4) is 0 Å². The lowest BCUT2D eigenvalue weighted by Crippen LogP contribution is -1.97. The number of pyridine rings is 1. The van der Waals surface area contributed by atoms with Crippen LogP contribution in [-0.2, 0) is 6.61 Å². The Morgan fingerprint density at radius 1 is 1.31 bits per heavy atom. The molecule has 0 aliphatic rings. The highest BCUT2D eigenvalue weighted by Gasteiger charge is 2.03. The van der Waals surface area contributed by atoms with Crippen LogP contribution in [0.4, 0.5) is 4.39 Å². The fraction of sp³-hybridized carbons (Fsp3) is 0.0833. The Labute approximate surface area is 97.7 Å². The lowest BCUT2D eigenvalue weighted by molar-refractivity contribution is 0.304. The molecule has 0 saturated heterocycles. The molecule has 82 valence electrons. The molecule has 0 fully saturated rings. The van der Waals surface area contributed by atoms with E-state index in [2.05, 4.69) is 4.98 Å². The van der Waals surface area contributed by atoms with Gasteiger partial charge < -0.3 is 4.74 Å². The summed E-state index contributed by atoms with van der Waals surface area (Å²) in [6, 6.07) is 7.73. The minimum atomic E-state index is -0.325. The van der Waals surface area contributed by atoms with E-state index in [1.807, 2.05) is 0 Å². The van der Waals surface area contributed by atoms with Crippen LogP contribution in [-0.4, -0.2) is 4.98 Å². The van der Waals surface area contributed by atoms with Crippen LogP contribution in [0.25, 0.3) is 0 Å². The van der Waals surface area contributed by atoms with E-state index >= 15 is 0 Å². The fourth-order valence-corrected chi connectivity index (χ4v) is 1.42. The Morgan fingerprint density at radius 3 is 2.94 bits per heavy atom. The molecule has 0 bridgehead atoms. The Bertz CT molecular complexity index is 476. The van der Waals surface area contributed by atoms with Crippen LogP contribution < -0.4 is 4.74 Å². The lowest BCUT2D eigenvalue weighted by atomic mass is 10.2. The molecule has 2 aromatic rings. The van der Waals surface area contributed by atoms with Crippen molar-refractivity contribution >= 4 is 11.6 Å². The normalized spacial score (nSPS) is 10.1. The van der Waals surface area contributed by atoms with Gasteiger partial charge in [-0.1, -0.05) is 11.6 Å². The summed E-state index contributed by atoms with van der Waals surface area (Å²) >= 11 is 5.90. The zero-order valence-corrected chi connectivity index (χ0v) is 9.12. The molecular weight excluding hydrogens is 229 g/mol. The minimum absolute atomic E-state index is 0.224. The summed E-state index contributed by atoms with van der Waals surface area (Å²) in [5.41, 5.74) is 0.616. The molecule has 1 aromatic carbocycles. The van der Waals surface area contributed by atoms with Crippen LogP contribution in [0.15, 0.2) is 42.7 Å². The Kier molecular flexibility index (Phi) is 3.37. The van der Waals surface area contributed by atoms with Crippen molar-refractivity contribution in [1.82, 2.24) is 4.98 Å². The zero-order valence-electron chi connectivity index (χ0n) is 8.36. The van der Waals surface area contributed by atoms with Crippen molar-refractivity contribution < 1.29 is 9.13 Å². The maximum Gasteiger partial charge on any atom is 0.138 e. The number of hydrogen-bond donors (Lipinski definition) is 0. The molecule has 0 amide bonds. The molecule has 0 aliphatic heterocycles. The quantitative estimate of drug-likeness (QED) is 0.816. The molecule has 4 heteroatoms. The highest BCUT2D eigenvalue weighted by molar-refractivity contribution is 6.31. The first kappa shape index (κ1) is 10.9. The third kappa shape index (κ3) is 2.70. The van der Waals surface area contributed by atoms with Crippen LogP contribution in [0.1, 0.15) is 5.56 Å². The zero-order chi connectivity index (χ0) is 11.4. The van der Waals surface area contributed by atoms with Crippen LogP contribution >= 0.6 is 11.6 Å². The van der Waals surface area contributed by atoms with Crippen LogP contribution in [0, 0.1) is 5.82 Å². The largest absolute Gasteiger partial charge is 0.487 e. The molecule has 1 aromatic heterocycles. The Balaban J connectivity index is 2.08. The van der Waals surface area contributed by atoms with Crippen molar-refractivity contribution in [3.05, 3.63) is 59.1 Å². The minimum Gasteiger partial charge on any atom is -0.487 e.